The molecule has 0 fully saturated rings. The number of aromatic nitrogens is 2. The predicted molar refractivity (Wildman–Crippen MR) is 75.7 cm³/mol. The van der Waals surface area contributed by atoms with Crippen LogP contribution in [0.25, 0.3) is 12.2 Å². The molecule has 0 aliphatic heterocycles. The largest absolute Gasteiger partial charge is 0.508 e. The van der Waals surface area contributed by atoms with Crippen molar-refractivity contribution in [3.8, 4) is 17.6 Å². The summed E-state index contributed by atoms with van der Waals surface area (Å²) < 4.78 is 0.101. The first-order chi connectivity index (χ1) is 9.51. The van der Waals surface area contributed by atoms with Crippen LogP contribution in [0.5, 0.6) is 11.5 Å². The number of benzene rings is 1. The molecule has 1 heterocycles. The maximum Gasteiger partial charge on any atom is 0.270 e. The molecular formula is C13H9N3O3S. The minimum absolute atomic E-state index is 0.0621. The fourth-order valence-electron chi connectivity index (χ4n) is 1.59. The van der Waals surface area contributed by atoms with Crippen molar-refractivity contribution < 1.29 is 10.2 Å². The quantitative estimate of drug-likeness (QED) is 0.630. The van der Waals surface area contributed by atoms with E-state index in [4.69, 9.17) is 17.5 Å². The zero-order valence-corrected chi connectivity index (χ0v) is 10.9. The molecule has 0 atom stereocenters. The number of rotatable bonds is 2. The van der Waals surface area contributed by atoms with Gasteiger partial charge in [-0.1, -0.05) is 0 Å². The van der Waals surface area contributed by atoms with E-state index in [2.05, 4.69) is 9.97 Å². The van der Waals surface area contributed by atoms with Crippen LogP contribution in [0, 0.1) is 16.1 Å². The summed E-state index contributed by atoms with van der Waals surface area (Å²) in [6.07, 6.45) is 2.95. The SMILES string of the molecule is N#Cc1c(C=Cc2ccc(O)cc2O)[nH]c(=S)[nH]c1=O. The van der Waals surface area contributed by atoms with Crippen molar-refractivity contribution >= 4 is 24.4 Å². The van der Waals surface area contributed by atoms with E-state index in [1.54, 1.807) is 6.07 Å². The first-order valence-electron chi connectivity index (χ1n) is 5.48. The molecular weight excluding hydrogens is 278 g/mol. The van der Waals surface area contributed by atoms with E-state index >= 15 is 0 Å². The molecule has 0 spiro atoms. The third-order valence-electron chi connectivity index (χ3n) is 2.53. The topological polar surface area (TPSA) is 113 Å². The van der Waals surface area contributed by atoms with Crippen molar-refractivity contribution in [3.63, 3.8) is 0 Å². The van der Waals surface area contributed by atoms with Crippen LogP contribution in [0.15, 0.2) is 23.0 Å². The normalized spacial score (nSPS) is 10.6. The summed E-state index contributed by atoms with van der Waals surface area (Å²) in [6, 6.07) is 5.86. The standard InChI is InChI=1S/C13H9N3O3S/c14-6-9-10(15-13(20)16-12(9)19)4-2-7-1-3-8(17)5-11(7)18/h1-5,17-18H,(H2,15,16,19,20). The van der Waals surface area contributed by atoms with Crippen LogP contribution in [0.2, 0.25) is 0 Å². The lowest BCUT2D eigenvalue weighted by Crippen LogP contribution is -2.13. The maximum absolute atomic E-state index is 11.5. The highest BCUT2D eigenvalue weighted by Crippen LogP contribution is 2.24. The molecule has 4 N–H and O–H groups in total. The van der Waals surface area contributed by atoms with Crippen LogP contribution in [0.4, 0.5) is 0 Å². The van der Waals surface area contributed by atoms with Gasteiger partial charge in [0.05, 0.1) is 5.69 Å². The molecule has 2 aromatic rings. The molecule has 1 aromatic heterocycles. The Hall–Kier alpha value is -2.85. The predicted octanol–water partition coefficient (Wildman–Crippen LogP) is 1.89. The molecule has 1 aromatic carbocycles. The van der Waals surface area contributed by atoms with Gasteiger partial charge in [-0.3, -0.25) is 9.78 Å². The van der Waals surface area contributed by atoms with Gasteiger partial charge in [0, 0.05) is 11.6 Å². The number of nitriles is 1. The number of phenolic OH excluding ortho intramolecular Hbond substituents is 2. The van der Waals surface area contributed by atoms with Gasteiger partial charge in [-0.05, 0) is 36.5 Å². The molecule has 100 valence electrons. The highest BCUT2D eigenvalue weighted by molar-refractivity contribution is 7.71. The van der Waals surface area contributed by atoms with E-state index < -0.39 is 5.56 Å². The van der Waals surface area contributed by atoms with E-state index in [9.17, 15) is 15.0 Å². The lowest BCUT2D eigenvalue weighted by molar-refractivity contribution is 0.450. The van der Waals surface area contributed by atoms with Crippen LogP contribution in [0.3, 0.4) is 0 Å². The smallest absolute Gasteiger partial charge is 0.270 e. The fourth-order valence-corrected chi connectivity index (χ4v) is 1.79. The van der Waals surface area contributed by atoms with E-state index in [-0.39, 0.29) is 27.5 Å². The van der Waals surface area contributed by atoms with Crippen molar-refractivity contribution in [1.82, 2.24) is 9.97 Å². The molecule has 0 aliphatic carbocycles. The zero-order valence-electron chi connectivity index (χ0n) is 10.0. The van der Waals surface area contributed by atoms with Gasteiger partial charge in [0.2, 0.25) is 0 Å². The average Bonchev–Trinajstić information content (AvgIpc) is 2.37. The monoisotopic (exact) mass is 287 g/mol. The van der Waals surface area contributed by atoms with Gasteiger partial charge in [0.1, 0.15) is 23.1 Å². The van der Waals surface area contributed by atoms with Gasteiger partial charge in [0.15, 0.2) is 4.77 Å². The van der Waals surface area contributed by atoms with E-state index in [1.807, 2.05) is 0 Å². The first kappa shape index (κ1) is 13.6. The maximum atomic E-state index is 11.5. The molecule has 0 unspecified atom stereocenters. The third-order valence-corrected chi connectivity index (χ3v) is 2.73. The fraction of sp³-hybridized carbons (Fsp3) is 0. The van der Waals surface area contributed by atoms with Crippen LogP contribution >= 0.6 is 12.2 Å². The number of H-pyrrole nitrogens is 2. The van der Waals surface area contributed by atoms with E-state index in [1.165, 1.54) is 30.4 Å². The van der Waals surface area contributed by atoms with E-state index in [0.29, 0.717) is 5.56 Å². The van der Waals surface area contributed by atoms with Gasteiger partial charge in [-0.2, -0.15) is 5.26 Å². The number of nitrogens with one attached hydrogen (secondary N) is 2. The number of phenols is 2. The minimum Gasteiger partial charge on any atom is -0.508 e. The third kappa shape index (κ3) is 2.76. The van der Waals surface area contributed by atoms with Gasteiger partial charge < -0.3 is 15.2 Å². The van der Waals surface area contributed by atoms with Gasteiger partial charge >= 0.3 is 0 Å². The highest BCUT2D eigenvalue weighted by atomic mass is 32.1. The molecule has 0 bridgehead atoms. The van der Waals surface area contributed by atoms with Gasteiger partial charge in [-0.25, -0.2) is 0 Å². The summed E-state index contributed by atoms with van der Waals surface area (Å²) >= 11 is 4.83. The average molecular weight is 287 g/mol. The Morgan fingerprint density at radius 2 is 2.00 bits per heavy atom. The van der Waals surface area contributed by atoms with Crippen LogP contribution in [-0.4, -0.2) is 20.2 Å². The van der Waals surface area contributed by atoms with Crippen LogP contribution < -0.4 is 5.56 Å². The molecule has 7 heteroatoms. The summed E-state index contributed by atoms with van der Waals surface area (Å²) in [5.74, 6) is -0.184. The molecule has 0 amide bonds. The van der Waals surface area contributed by atoms with Crippen molar-refractivity contribution in [2.24, 2.45) is 0 Å². The Balaban J connectivity index is 2.49. The number of hydrogen-bond acceptors (Lipinski definition) is 5. The van der Waals surface area contributed by atoms with Gasteiger partial charge in [0.25, 0.3) is 5.56 Å². The number of hydrogen-bond donors (Lipinski definition) is 4. The Morgan fingerprint density at radius 1 is 1.25 bits per heavy atom. The lowest BCUT2D eigenvalue weighted by Gasteiger charge is -2.00. The van der Waals surface area contributed by atoms with Crippen LogP contribution in [0.1, 0.15) is 16.8 Å². The second kappa shape index (κ2) is 5.42. The van der Waals surface area contributed by atoms with Crippen molar-refractivity contribution in [3.05, 3.63) is 50.1 Å². The summed E-state index contributed by atoms with van der Waals surface area (Å²) in [5, 5.41) is 27.8. The van der Waals surface area contributed by atoms with Crippen molar-refractivity contribution in [1.29, 1.82) is 5.26 Å². The first-order valence-corrected chi connectivity index (χ1v) is 5.89. The second-order valence-corrected chi connectivity index (χ2v) is 4.29. The molecule has 0 aliphatic rings. The Morgan fingerprint density at radius 3 is 2.65 bits per heavy atom. The van der Waals surface area contributed by atoms with Crippen LogP contribution in [-0.2, 0) is 0 Å². The molecule has 2 rings (SSSR count). The molecule has 20 heavy (non-hydrogen) atoms. The Bertz CT molecular complexity index is 843. The number of aromatic hydroxyl groups is 2. The minimum atomic E-state index is -0.578. The highest BCUT2D eigenvalue weighted by Gasteiger charge is 2.05. The molecule has 0 saturated heterocycles. The second-order valence-electron chi connectivity index (χ2n) is 3.89. The summed E-state index contributed by atoms with van der Waals surface area (Å²) in [5.41, 5.74) is -0.0149. The summed E-state index contributed by atoms with van der Waals surface area (Å²) in [4.78, 5) is 16.5. The number of nitrogens with zero attached hydrogens (tertiary/aromatic N) is 1. The molecule has 0 radical (unpaired) electrons. The molecule has 6 nitrogen and oxygen atoms in total. The summed E-state index contributed by atoms with van der Waals surface area (Å²) in [7, 11) is 0. The van der Waals surface area contributed by atoms with Gasteiger partial charge in [-0.15, -0.1) is 0 Å². The Kier molecular flexibility index (Phi) is 3.68. The Labute approximate surface area is 118 Å². The van der Waals surface area contributed by atoms with Crippen molar-refractivity contribution in [2.45, 2.75) is 0 Å². The van der Waals surface area contributed by atoms with Crippen molar-refractivity contribution in [2.75, 3.05) is 0 Å². The zero-order chi connectivity index (χ0) is 14.7. The summed E-state index contributed by atoms with van der Waals surface area (Å²) in [6.45, 7) is 0. The lowest BCUT2D eigenvalue weighted by atomic mass is 10.1. The molecule has 0 saturated carbocycles. The van der Waals surface area contributed by atoms with E-state index in [0.717, 1.165) is 0 Å². The number of aromatic amines is 2.